The van der Waals surface area contributed by atoms with E-state index in [9.17, 15) is 9.59 Å². The van der Waals surface area contributed by atoms with Gasteiger partial charge in [0.1, 0.15) is 5.75 Å². The van der Waals surface area contributed by atoms with Gasteiger partial charge in [-0.25, -0.2) is 0 Å². The topological polar surface area (TPSA) is 67.4 Å². The molecule has 1 atom stereocenters. The average Bonchev–Trinajstić information content (AvgIpc) is 2.58. The van der Waals surface area contributed by atoms with Gasteiger partial charge in [0.2, 0.25) is 11.8 Å². The number of amides is 2. The third-order valence-electron chi connectivity index (χ3n) is 4.23. The molecule has 0 bridgehead atoms. The van der Waals surface area contributed by atoms with Gasteiger partial charge in [0.05, 0.1) is 19.1 Å². The molecule has 0 saturated heterocycles. The van der Waals surface area contributed by atoms with E-state index in [0.29, 0.717) is 12.3 Å². The minimum atomic E-state index is -0.156. The molecule has 26 heavy (non-hydrogen) atoms. The highest BCUT2D eigenvalue weighted by Gasteiger charge is 2.11. The zero-order valence-corrected chi connectivity index (χ0v) is 15.8. The summed E-state index contributed by atoms with van der Waals surface area (Å²) in [4.78, 5) is 23.3. The molecule has 5 heteroatoms. The molecule has 2 aromatic carbocycles. The maximum atomic E-state index is 12.2. The first kappa shape index (κ1) is 19.5. The van der Waals surface area contributed by atoms with Crippen LogP contribution >= 0.6 is 0 Å². The summed E-state index contributed by atoms with van der Waals surface area (Å²) in [5.41, 5.74) is 3.91. The van der Waals surface area contributed by atoms with Crippen molar-refractivity contribution >= 4 is 17.5 Å². The largest absolute Gasteiger partial charge is 0.493 e. The van der Waals surface area contributed by atoms with Gasteiger partial charge in [-0.05, 0) is 55.7 Å². The summed E-state index contributed by atoms with van der Waals surface area (Å²) < 4.78 is 5.73. The second-order valence-electron chi connectivity index (χ2n) is 6.39. The van der Waals surface area contributed by atoms with E-state index in [-0.39, 0.29) is 24.3 Å². The van der Waals surface area contributed by atoms with Gasteiger partial charge < -0.3 is 15.4 Å². The van der Waals surface area contributed by atoms with Gasteiger partial charge in [0, 0.05) is 12.6 Å². The molecular weight excluding hydrogens is 328 g/mol. The summed E-state index contributed by atoms with van der Waals surface area (Å²) in [7, 11) is 0. The highest BCUT2D eigenvalue weighted by Crippen LogP contribution is 2.21. The van der Waals surface area contributed by atoms with Gasteiger partial charge in [-0.2, -0.15) is 0 Å². The van der Waals surface area contributed by atoms with Crippen LogP contribution in [0.1, 0.15) is 43.0 Å². The highest BCUT2D eigenvalue weighted by molar-refractivity contribution is 5.88. The number of benzene rings is 2. The number of ether oxygens (including phenoxy) is 1. The van der Waals surface area contributed by atoms with Gasteiger partial charge in [-0.1, -0.05) is 24.3 Å². The third-order valence-corrected chi connectivity index (χ3v) is 4.23. The Kier molecular flexibility index (Phi) is 6.78. The second-order valence-corrected chi connectivity index (χ2v) is 6.39. The van der Waals surface area contributed by atoms with Crippen molar-refractivity contribution in [3.8, 4) is 5.75 Å². The lowest BCUT2D eigenvalue weighted by molar-refractivity contribution is -0.122. The maximum absolute atomic E-state index is 12.2. The quantitative estimate of drug-likeness (QED) is 0.792. The van der Waals surface area contributed by atoms with Crippen LogP contribution in [0.3, 0.4) is 0 Å². The molecule has 0 aromatic heterocycles. The smallest absolute Gasteiger partial charge is 0.223 e. The van der Waals surface area contributed by atoms with Gasteiger partial charge in [-0.3, -0.25) is 9.59 Å². The number of aryl methyl sites for hydroxylation is 1. The minimum absolute atomic E-state index is 0.0762. The Morgan fingerprint density at radius 2 is 1.85 bits per heavy atom. The van der Waals surface area contributed by atoms with Crippen molar-refractivity contribution in [2.75, 3.05) is 11.9 Å². The molecule has 0 aliphatic heterocycles. The lowest BCUT2D eigenvalue weighted by Crippen LogP contribution is -2.28. The molecule has 0 aliphatic carbocycles. The van der Waals surface area contributed by atoms with Crippen LogP contribution in [0.2, 0.25) is 0 Å². The predicted molar refractivity (Wildman–Crippen MR) is 103 cm³/mol. The minimum Gasteiger partial charge on any atom is -0.493 e. The molecule has 5 nitrogen and oxygen atoms in total. The average molecular weight is 354 g/mol. The maximum Gasteiger partial charge on any atom is 0.223 e. The molecule has 0 spiro atoms. The SMILES string of the molecule is CC(=O)Nc1cccc(C(C)NC(=O)CCOc2cccc(C)c2C)c1. The summed E-state index contributed by atoms with van der Waals surface area (Å²) in [6.45, 7) is 7.75. The van der Waals surface area contributed by atoms with E-state index in [1.54, 1.807) is 0 Å². The standard InChI is InChI=1S/C21H26N2O3/c1-14-7-5-10-20(15(14)2)26-12-11-21(25)22-16(3)18-8-6-9-19(13-18)23-17(4)24/h5-10,13,16H,11-12H2,1-4H3,(H,22,25)(H,23,24). The van der Waals surface area contributed by atoms with E-state index in [0.717, 1.165) is 16.9 Å². The molecule has 2 aromatic rings. The van der Waals surface area contributed by atoms with E-state index in [1.165, 1.54) is 12.5 Å². The fourth-order valence-corrected chi connectivity index (χ4v) is 2.62. The number of hydrogen-bond donors (Lipinski definition) is 2. The third kappa shape index (κ3) is 5.62. The lowest BCUT2D eigenvalue weighted by Gasteiger charge is -2.16. The molecule has 0 radical (unpaired) electrons. The molecular formula is C21H26N2O3. The van der Waals surface area contributed by atoms with Crippen molar-refractivity contribution < 1.29 is 14.3 Å². The monoisotopic (exact) mass is 354 g/mol. The van der Waals surface area contributed by atoms with Crippen molar-refractivity contribution in [3.63, 3.8) is 0 Å². The zero-order valence-electron chi connectivity index (χ0n) is 15.8. The predicted octanol–water partition coefficient (Wildman–Crippen LogP) is 3.91. The van der Waals surface area contributed by atoms with E-state index in [4.69, 9.17) is 4.74 Å². The van der Waals surface area contributed by atoms with Crippen LogP contribution in [-0.2, 0) is 9.59 Å². The molecule has 2 N–H and O–H groups in total. The first-order valence-corrected chi connectivity index (χ1v) is 8.72. The fourth-order valence-electron chi connectivity index (χ4n) is 2.62. The van der Waals surface area contributed by atoms with Crippen molar-refractivity contribution in [1.82, 2.24) is 5.32 Å². The first-order chi connectivity index (χ1) is 12.4. The van der Waals surface area contributed by atoms with Crippen LogP contribution in [0.5, 0.6) is 5.75 Å². The van der Waals surface area contributed by atoms with E-state index in [1.807, 2.05) is 63.2 Å². The molecule has 0 aliphatic rings. The molecule has 2 rings (SSSR count). The van der Waals surface area contributed by atoms with Crippen molar-refractivity contribution in [1.29, 1.82) is 0 Å². The number of nitrogens with one attached hydrogen (secondary N) is 2. The Balaban J connectivity index is 1.85. The van der Waals surface area contributed by atoms with E-state index < -0.39 is 0 Å². The highest BCUT2D eigenvalue weighted by atomic mass is 16.5. The van der Waals surface area contributed by atoms with Crippen molar-refractivity contribution in [3.05, 3.63) is 59.2 Å². The summed E-state index contributed by atoms with van der Waals surface area (Å²) in [5.74, 6) is 0.615. The number of carbonyl (C=O) groups is 2. The van der Waals surface area contributed by atoms with E-state index in [2.05, 4.69) is 10.6 Å². The summed E-state index contributed by atoms with van der Waals surface area (Å²) in [6, 6.07) is 13.2. The van der Waals surface area contributed by atoms with Crippen LogP contribution in [0.4, 0.5) is 5.69 Å². The fraction of sp³-hybridized carbons (Fsp3) is 0.333. The summed E-state index contributed by atoms with van der Waals surface area (Å²) in [5, 5.41) is 5.70. The van der Waals surface area contributed by atoms with Crippen LogP contribution in [0.25, 0.3) is 0 Å². The summed E-state index contributed by atoms with van der Waals surface area (Å²) >= 11 is 0. The molecule has 2 amide bonds. The van der Waals surface area contributed by atoms with Crippen molar-refractivity contribution in [2.45, 2.75) is 40.2 Å². The Hall–Kier alpha value is -2.82. The van der Waals surface area contributed by atoms with Gasteiger partial charge in [0.15, 0.2) is 0 Å². The van der Waals surface area contributed by atoms with Gasteiger partial charge >= 0.3 is 0 Å². The Morgan fingerprint density at radius 3 is 2.58 bits per heavy atom. The number of carbonyl (C=O) groups excluding carboxylic acids is 2. The number of hydrogen-bond acceptors (Lipinski definition) is 3. The van der Waals surface area contributed by atoms with Gasteiger partial charge in [0.25, 0.3) is 0 Å². The molecule has 138 valence electrons. The normalized spacial score (nSPS) is 11.5. The zero-order chi connectivity index (χ0) is 19.1. The van der Waals surface area contributed by atoms with Crippen molar-refractivity contribution in [2.24, 2.45) is 0 Å². The van der Waals surface area contributed by atoms with E-state index >= 15 is 0 Å². The molecule has 1 unspecified atom stereocenters. The van der Waals surface area contributed by atoms with Crippen LogP contribution < -0.4 is 15.4 Å². The molecule has 0 heterocycles. The van der Waals surface area contributed by atoms with Crippen LogP contribution in [-0.4, -0.2) is 18.4 Å². The van der Waals surface area contributed by atoms with Crippen LogP contribution in [0.15, 0.2) is 42.5 Å². The second kappa shape index (κ2) is 9.04. The first-order valence-electron chi connectivity index (χ1n) is 8.72. The lowest BCUT2D eigenvalue weighted by atomic mass is 10.1. The molecule has 0 fully saturated rings. The Bertz CT molecular complexity index is 787. The van der Waals surface area contributed by atoms with Gasteiger partial charge in [-0.15, -0.1) is 0 Å². The summed E-state index contributed by atoms with van der Waals surface area (Å²) in [6.07, 6.45) is 0.281. The van der Waals surface area contributed by atoms with Crippen LogP contribution in [0, 0.1) is 13.8 Å². The Labute approximate surface area is 154 Å². The number of rotatable bonds is 7. The number of anilines is 1. The molecule has 0 saturated carbocycles. The Morgan fingerprint density at radius 1 is 1.12 bits per heavy atom.